The molecule has 134 valence electrons. The van der Waals surface area contributed by atoms with E-state index in [1.165, 1.54) is 17.8 Å². The number of aromatic nitrogens is 3. The van der Waals surface area contributed by atoms with E-state index in [2.05, 4.69) is 15.4 Å². The molecule has 2 aromatic carbocycles. The molecular weight excluding hydrogens is 360 g/mol. The van der Waals surface area contributed by atoms with Crippen LogP contribution in [0.15, 0.2) is 76.6 Å². The maximum absolute atomic E-state index is 12.9. The molecule has 2 N–H and O–H groups in total. The highest BCUT2D eigenvalue weighted by molar-refractivity contribution is 7.98. The van der Waals surface area contributed by atoms with Crippen LogP contribution in [0.25, 0.3) is 16.9 Å². The summed E-state index contributed by atoms with van der Waals surface area (Å²) in [7, 11) is 0. The molecule has 0 atom stereocenters. The third-order valence-electron chi connectivity index (χ3n) is 4.11. The van der Waals surface area contributed by atoms with Gasteiger partial charge >= 0.3 is 0 Å². The summed E-state index contributed by atoms with van der Waals surface area (Å²) < 4.78 is 1.61. The Morgan fingerprint density at radius 3 is 2.41 bits per heavy atom. The number of nitrogens with zero attached hydrogens (tertiary/aromatic N) is 2. The summed E-state index contributed by atoms with van der Waals surface area (Å²) >= 11 is 1.35. The summed E-state index contributed by atoms with van der Waals surface area (Å²) in [5.41, 5.74) is 2.58. The van der Waals surface area contributed by atoms with Crippen LogP contribution in [0.1, 0.15) is 10.4 Å². The number of carbonyl (C=O) groups is 1. The molecule has 0 aliphatic rings. The molecule has 0 saturated heterocycles. The van der Waals surface area contributed by atoms with Gasteiger partial charge in [-0.3, -0.25) is 9.59 Å². The Kier molecular flexibility index (Phi) is 4.52. The number of benzene rings is 2. The molecule has 0 unspecified atom stereocenters. The van der Waals surface area contributed by atoms with E-state index in [0.29, 0.717) is 27.6 Å². The maximum atomic E-state index is 12.9. The van der Waals surface area contributed by atoms with Gasteiger partial charge in [0, 0.05) is 17.3 Å². The molecule has 0 fully saturated rings. The van der Waals surface area contributed by atoms with E-state index < -0.39 is 0 Å². The van der Waals surface area contributed by atoms with Crippen molar-refractivity contribution in [2.75, 3.05) is 11.6 Å². The smallest absolute Gasteiger partial charge is 0.262 e. The first-order chi connectivity index (χ1) is 13.2. The van der Waals surface area contributed by atoms with Crippen molar-refractivity contribution in [2.24, 2.45) is 0 Å². The summed E-state index contributed by atoms with van der Waals surface area (Å²) in [6, 6.07) is 20.2. The topological polar surface area (TPSA) is 79.3 Å². The number of para-hydroxylation sites is 1. The van der Waals surface area contributed by atoms with E-state index in [-0.39, 0.29) is 11.5 Å². The third-order valence-corrected chi connectivity index (χ3v) is 4.78. The zero-order valence-electron chi connectivity index (χ0n) is 14.5. The number of anilines is 1. The highest BCUT2D eigenvalue weighted by Gasteiger charge is 2.22. The fourth-order valence-corrected chi connectivity index (χ4v) is 3.46. The predicted molar refractivity (Wildman–Crippen MR) is 107 cm³/mol. The van der Waals surface area contributed by atoms with Gasteiger partial charge in [-0.05, 0) is 18.4 Å². The molecule has 2 heterocycles. The Labute approximate surface area is 159 Å². The molecule has 0 aliphatic heterocycles. The van der Waals surface area contributed by atoms with Crippen LogP contribution in [-0.2, 0) is 0 Å². The molecular formula is C20H16N4O2S. The van der Waals surface area contributed by atoms with Crippen molar-refractivity contribution in [3.8, 4) is 11.3 Å². The van der Waals surface area contributed by atoms with Gasteiger partial charge < -0.3 is 10.3 Å². The van der Waals surface area contributed by atoms with Crippen molar-refractivity contribution in [3.63, 3.8) is 0 Å². The highest BCUT2D eigenvalue weighted by atomic mass is 32.2. The highest BCUT2D eigenvalue weighted by Crippen LogP contribution is 2.27. The van der Waals surface area contributed by atoms with Crippen LogP contribution in [0, 0.1) is 0 Å². The van der Waals surface area contributed by atoms with Gasteiger partial charge in [-0.1, -0.05) is 48.5 Å². The first-order valence-electron chi connectivity index (χ1n) is 8.29. The van der Waals surface area contributed by atoms with Gasteiger partial charge in [-0.2, -0.15) is 5.10 Å². The molecule has 0 aliphatic carbocycles. The van der Waals surface area contributed by atoms with Crippen molar-refractivity contribution >= 4 is 29.0 Å². The predicted octanol–water partition coefficient (Wildman–Crippen LogP) is 3.66. The van der Waals surface area contributed by atoms with Gasteiger partial charge in [0.15, 0.2) is 5.65 Å². The number of rotatable bonds is 4. The molecule has 0 bridgehead atoms. The van der Waals surface area contributed by atoms with Gasteiger partial charge in [0.25, 0.3) is 11.5 Å². The first kappa shape index (κ1) is 17.1. The molecule has 0 radical (unpaired) electrons. The number of thioether (sulfide) groups is 1. The Balaban J connectivity index is 1.89. The molecule has 6 nitrogen and oxygen atoms in total. The second-order valence-corrected chi connectivity index (χ2v) is 6.64. The van der Waals surface area contributed by atoms with Crippen LogP contribution < -0.4 is 10.9 Å². The number of aromatic amines is 1. The third kappa shape index (κ3) is 3.24. The number of fused-ring (bicyclic) bond motifs is 1. The second-order valence-electron chi connectivity index (χ2n) is 5.85. The van der Waals surface area contributed by atoms with E-state index in [1.807, 2.05) is 54.8 Å². The lowest BCUT2D eigenvalue weighted by atomic mass is 10.1. The van der Waals surface area contributed by atoms with Crippen LogP contribution in [0.3, 0.4) is 0 Å². The largest absolute Gasteiger partial charge is 0.322 e. The van der Waals surface area contributed by atoms with Gasteiger partial charge in [0.2, 0.25) is 0 Å². The standard InChI is InChI=1S/C20H16N4O2S/c1-27-20-17(19(26)21-14-10-6-3-7-11-14)18-22-16(25)12-15(24(18)23-20)13-8-4-2-5-9-13/h2-12H,1H3,(H,21,26)(H,22,25). The van der Waals surface area contributed by atoms with E-state index in [4.69, 9.17) is 0 Å². The monoisotopic (exact) mass is 376 g/mol. The van der Waals surface area contributed by atoms with Crippen molar-refractivity contribution in [3.05, 3.63) is 82.6 Å². The summed E-state index contributed by atoms with van der Waals surface area (Å²) in [5.74, 6) is -0.318. The number of hydrogen-bond acceptors (Lipinski definition) is 4. The number of H-pyrrole nitrogens is 1. The van der Waals surface area contributed by atoms with Crippen molar-refractivity contribution < 1.29 is 4.79 Å². The van der Waals surface area contributed by atoms with Crippen molar-refractivity contribution in [1.29, 1.82) is 0 Å². The number of amides is 1. The quantitative estimate of drug-likeness (QED) is 0.533. The van der Waals surface area contributed by atoms with Crippen LogP contribution in [0.4, 0.5) is 5.69 Å². The molecule has 0 spiro atoms. The van der Waals surface area contributed by atoms with E-state index in [0.717, 1.165) is 5.56 Å². The lowest BCUT2D eigenvalue weighted by molar-refractivity contribution is 0.102. The second kappa shape index (κ2) is 7.13. The van der Waals surface area contributed by atoms with E-state index in [9.17, 15) is 9.59 Å². The minimum atomic E-state index is -0.318. The van der Waals surface area contributed by atoms with Gasteiger partial charge in [0.05, 0.1) is 5.69 Å². The Bertz CT molecular complexity index is 1170. The lowest BCUT2D eigenvalue weighted by Crippen LogP contribution is -2.15. The van der Waals surface area contributed by atoms with Gasteiger partial charge in [0.1, 0.15) is 10.6 Å². The number of nitrogens with one attached hydrogen (secondary N) is 2. The fourth-order valence-electron chi connectivity index (χ4n) is 2.90. The van der Waals surface area contributed by atoms with Gasteiger partial charge in [-0.25, -0.2) is 4.52 Å². The van der Waals surface area contributed by atoms with Gasteiger partial charge in [-0.15, -0.1) is 11.8 Å². The average molecular weight is 376 g/mol. The molecule has 4 aromatic rings. The molecule has 4 rings (SSSR count). The zero-order chi connectivity index (χ0) is 18.8. The van der Waals surface area contributed by atoms with Crippen molar-refractivity contribution in [1.82, 2.24) is 14.6 Å². The number of hydrogen-bond donors (Lipinski definition) is 2. The fraction of sp³-hybridized carbons (Fsp3) is 0.0500. The number of carbonyl (C=O) groups excluding carboxylic acids is 1. The Morgan fingerprint density at radius 1 is 1.07 bits per heavy atom. The SMILES string of the molecule is CSc1nn2c(-c3ccccc3)cc(=O)[nH]c2c1C(=O)Nc1ccccc1. The summed E-state index contributed by atoms with van der Waals surface area (Å²) in [5, 5.41) is 7.97. The maximum Gasteiger partial charge on any atom is 0.262 e. The van der Waals surface area contributed by atoms with Crippen LogP contribution >= 0.6 is 11.8 Å². The molecule has 27 heavy (non-hydrogen) atoms. The first-order valence-corrected chi connectivity index (χ1v) is 9.51. The van der Waals surface area contributed by atoms with Crippen LogP contribution in [0.2, 0.25) is 0 Å². The molecule has 7 heteroatoms. The van der Waals surface area contributed by atoms with Crippen LogP contribution in [0.5, 0.6) is 0 Å². The summed E-state index contributed by atoms with van der Waals surface area (Å²) in [4.78, 5) is 28.0. The molecule has 0 saturated carbocycles. The average Bonchev–Trinajstić information content (AvgIpc) is 3.07. The summed E-state index contributed by atoms with van der Waals surface area (Å²) in [6.45, 7) is 0. The van der Waals surface area contributed by atoms with E-state index >= 15 is 0 Å². The minimum Gasteiger partial charge on any atom is -0.322 e. The zero-order valence-corrected chi connectivity index (χ0v) is 15.3. The molecule has 1 amide bonds. The normalized spacial score (nSPS) is 10.9. The summed E-state index contributed by atoms with van der Waals surface area (Å²) in [6.07, 6.45) is 1.85. The van der Waals surface area contributed by atoms with Crippen molar-refractivity contribution in [2.45, 2.75) is 5.03 Å². The van der Waals surface area contributed by atoms with E-state index in [1.54, 1.807) is 16.6 Å². The minimum absolute atomic E-state index is 0.289. The van der Waals surface area contributed by atoms with Crippen LogP contribution in [-0.4, -0.2) is 26.8 Å². The molecule has 2 aromatic heterocycles. The Morgan fingerprint density at radius 2 is 1.74 bits per heavy atom. The Hall–Kier alpha value is -3.32. The lowest BCUT2D eigenvalue weighted by Gasteiger charge is -2.06.